The maximum absolute atomic E-state index is 13.0. The summed E-state index contributed by atoms with van der Waals surface area (Å²) in [6.45, 7) is 6.18. The van der Waals surface area contributed by atoms with Crippen molar-refractivity contribution in [2.24, 2.45) is 0 Å². The van der Waals surface area contributed by atoms with Crippen molar-refractivity contribution in [2.45, 2.75) is 37.9 Å². The Morgan fingerprint density at radius 2 is 1.79 bits per heavy atom. The van der Waals surface area contributed by atoms with Gasteiger partial charge in [-0.15, -0.1) is 0 Å². The Morgan fingerprint density at radius 3 is 2.45 bits per heavy atom. The summed E-state index contributed by atoms with van der Waals surface area (Å²) in [4.78, 5) is 12.8. The number of aryl methyl sites for hydroxylation is 1. The molecule has 1 aromatic heterocycles. The van der Waals surface area contributed by atoms with E-state index in [-0.39, 0.29) is 28.5 Å². The Morgan fingerprint density at radius 1 is 1.12 bits per heavy atom. The van der Waals surface area contributed by atoms with Crippen molar-refractivity contribution in [2.75, 3.05) is 18.4 Å². The monoisotopic (exact) mass is 470 g/mol. The van der Waals surface area contributed by atoms with Gasteiger partial charge < -0.3 is 15.2 Å². The molecule has 2 unspecified atom stereocenters. The third-order valence-electron chi connectivity index (χ3n) is 5.39. The van der Waals surface area contributed by atoms with E-state index in [1.54, 1.807) is 36.4 Å². The highest BCUT2D eigenvalue weighted by Gasteiger charge is 2.32. The molecular formula is C23H26N4O5S. The van der Waals surface area contributed by atoms with Gasteiger partial charge in [0, 0.05) is 24.3 Å². The van der Waals surface area contributed by atoms with Gasteiger partial charge in [-0.2, -0.15) is 9.40 Å². The topological polar surface area (TPSA) is 125 Å². The second-order valence-corrected chi connectivity index (χ2v) is 10.2. The lowest BCUT2D eigenvalue weighted by Crippen LogP contribution is -2.48. The van der Waals surface area contributed by atoms with Crippen LogP contribution in [0.1, 0.15) is 29.9 Å². The molecule has 174 valence electrons. The van der Waals surface area contributed by atoms with Gasteiger partial charge in [0.05, 0.1) is 22.8 Å². The predicted octanol–water partition coefficient (Wildman–Crippen LogP) is 3.14. The highest BCUT2D eigenvalue weighted by Crippen LogP contribution is 2.29. The molecule has 0 radical (unpaired) electrons. The fourth-order valence-corrected chi connectivity index (χ4v) is 5.41. The molecule has 1 amide bonds. The molecule has 33 heavy (non-hydrogen) atoms. The van der Waals surface area contributed by atoms with Gasteiger partial charge in [-0.1, -0.05) is 11.6 Å². The van der Waals surface area contributed by atoms with Crippen LogP contribution in [-0.4, -0.2) is 59.2 Å². The Hall–Kier alpha value is -3.21. The van der Waals surface area contributed by atoms with Gasteiger partial charge in [-0.3, -0.25) is 9.89 Å². The normalized spacial score (nSPS) is 19.4. The number of carbonyl (C=O) groups excluding carboxylic acids is 1. The minimum atomic E-state index is -3.66. The average Bonchev–Trinajstić information content (AvgIpc) is 3.25. The third-order valence-corrected chi connectivity index (χ3v) is 7.23. The second-order valence-electron chi connectivity index (χ2n) is 8.25. The number of sulfonamides is 1. The van der Waals surface area contributed by atoms with Crippen molar-refractivity contribution < 1.29 is 23.1 Å². The van der Waals surface area contributed by atoms with Gasteiger partial charge >= 0.3 is 0 Å². The number of amides is 1. The number of aromatic nitrogens is 2. The summed E-state index contributed by atoms with van der Waals surface area (Å²) in [5.41, 5.74) is 2.56. The van der Waals surface area contributed by atoms with E-state index in [1.807, 2.05) is 20.8 Å². The molecule has 0 bridgehead atoms. The van der Waals surface area contributed by atoms with E-state index in [4.69, 9.17) is 4.74 Å². The minimum Gasteiger partial charge on any atom is -0.507 e. The number of nitrogens with zero attached hydrogens (tertiary/aromatic N) is 2. The smallest absolute Gasteiger partial charge is 0.273 e. The van der Waals surface area contributed by atoms with Crippen molar-refractivity contribution >= 4 is 21.6 Å². The van der Waals surface area contributed by atoms with E-state index in [0.717, 1.165) is 5.56 Å². The first-order valence-corrected chi connectivity index (χ1v) is 12.0. The third kappa shape index (κ3) is 4.92. The van der Waals surface area contributed by atoms with Gasteiger partial charge in [0.1, 0.15) is 11.4 Å². The van der Waals surface area contributed by atoms with Crippen LogP contribution in [0.2, 0.25) is 0 Å². The lowest BCUT2D eigenvalue weighted by Gasteiger charge is -2.34. The van der Waals surface area contributed by atoms with E-state index < -0.39 is 15.9 Å². The average molecular weight is 471 g/mol. The van der Waals surface area contributed by atoms with Crippen LogP contribution in [0.4, 0.5) is 5.69 Å². The molecule has 1 fully saturated rings. The number of nitrogens with one attached hydrogen (secondary N) is 2. The van der Waals surface area contributed by atoms with Crippen LogP contribution in [0.5, 0.6) is 5.75 Å². The number of morpholine rings is 1. The number of hydrogen-bond donors (Lipinski definition) is 3. The molecule has 2 aromatic carbocycles. The lowest BCUT2D eigenvalue weighted by molar-refractivity contribution is -0.0440. The molecule has 4 rings (SSSR count). The number of benzene rings is 2. The van der Waals surface area contributed by atoms with Crippen molar-refractivity contribution in [3.63, 3.8) is 0 Å². The van der Waals surface area contributed by atoms with Gasteiger partial charge in [-0.25, -0.2) is 8.42 Å². The van der Waals surface area contributed by atoms with Gasteiger partial charge in [0.2, 0.25) is 10.0 Å². The molecule has 1 aliphatic rings. The van der Waals surface area contributed by atoms with E-state index >= 15 is 0 Å². The first-order valence-electron chi connectivity index (χ1n) is 10.6. The molecular weight excluding hydrogens is 444 g/mol. The van der Waals surface area contributed by atoms with Crippen LogP contribution in [-0.2, 0) is 14.8 Å². The number of rotatable bonds is 5. The summed E-state index contributed by atoms with van der Waals surface area (Å²) >= 11 is 0. The van der Waals surface area contributed by atoms with Gasteiger partial charge in [0.25, 0.3) is 5.91 Å². The number of aromatic hydroxyl groups is 1. The number of anilines is 1. The van der Waals surface area contributed by atoms with Crippen LogP contribution in [0.15, 0.2) is 53.4 Å². The summed E-state index contributed by atoms with van der Waals surface area (Å²) in [6, 6.07) is 12.7. The molecule has 10 heteroatoms. The molecule has 0 spiro atoms. The highest BCUT2D eigenvalue weighted by atomic mass is 32.2. The van der Waals surface area contributed by atoms with E-state index in [9.17, 15) is 18.3 Å². The van der Waals surface area contributed by atoms with Crippen LogP contribution in [0.3, 0.4) is 0 Å². The number of H-pyrrole nitrogens is 1. The highest BCUT2D eigenvalue weighted by molar-refractivity contribution is 7.89. The molecule has 1 aliphatic heterocycles. The number of phenols is 1. The van der Waals surface area contributed by atoms with Crippen LogP contribution in [0, 0.1) is 6.92 Å². The molecule has 2 heterocycles. The van der Waals surface area contributed by atoms with E-state index in [1.165, 1.54) is 16.4 Å². The molecule has 0 saturated carbocycles. The zero-order valence-electron chi connectivity index (χ0n) is 18.6. The first-order chi connectivity index (χ1) is 15.6. The second kappa shape index (κ2) is 8.97. The fraction of sp³-hybridized carbons (Fsp3) is 0.304. The molecule has 3 N–H and O–H groups in total. The summed E-state index contributed by atoms with van der Waals surface area (Å²) in [7, 11) is -3.66. The number of carbonyl (C=O) groups is 1. The summed E-state index contributed by atoms with van der Waals surface area (Å²) in [5, 5.41) is 19.6. The predicted molar refractivity (Wildman–Crippen MR) is 124 cm³/mol. The Kier molecular flexibility index (Phi) is 6.24. The maximum atomic E-state index is 13.0. The van der Waals surface area contributed by atoms with Gasteiger partial charge in [0.15, 0.2) is 0 Å². The fourth-order valence-electron chi connectivity index (χ4n) is 3.82. The van der Waals surface area contributed by atoms with Crippen molar-refractivity contribution in [3.8, 4) is 17.0 Å². The van der Waals surface area contributed by atoms with Gasteiger partial charge in [-0.05, 0) is 63.2 Å². The summed E-state index contributed by atoms with van der Waals surface area (Å²) in [5.74, 6) is -0.368. The van der Waals surface area contributed by atoms with E-state index in [2.05, 4.69) is 15.5 Å². The molecule has 2 atom stereocenters. The lowest BCUT2D eigenvalue weighted by atomic mass is 10.1. The Labute approximate surface area is 192 Å². The SMILES string of the molecule is Cc1ccc(O)c(-c2cc(C(=O)Nc3ccc(S(=O)(=O)N4CC(C)OC(C)C4)cc3)[nH]n2)c1. The molecule has 3 aromatic rings. The van der Waals surface area contributed by atoms with Crippen molar-refractivity contribution in [1.29, 1.82) is 0 Å². The summed E-state index contributed by atoms with van der Waals surface area (Å²) in [6.07, 6.45) is -0.355. The zero-order valence-corrected chi connectivity index (χ0v) is 19.4. The summed E-state index contributed by atoms with van der Waals surface area (Å²) < 4.78 is 33.0. The zero-order chi connectivity index (χ0) is 23.8. The van der Waals surface area contributed by atoms with Crippen LogP contribution in [0.25, 0.3) is 11.3 Å². The number of ether oxygens (including phenoxy) is 1. The Balaban J connectivity index is 1.47. The van der Waals surface area contributed by atoms with Crippen molar-refractivity contribution in [1.82, 2.24) is 14.5 Å². The largest absolute Gasteiger partial charge is 0.507 e. The quantitative estimate of drug-likeness (QED) is 0.526. The minimum absolute atomic E-state index is 0.0694. The number of phenolic OH excluding ortho intramolecular Hbond substituents is 1. The standard InChI is InChI=1S/C23H26N4O5S/c1-14-4-9-22(28)19(10-14)20-11-21(26-25-20)23(29)24-17-5-7-18(8-6-17)33(30,31)27-12-15(2)32-16(3)13-27/h4-11,15-16,28H,12-13H2,1-3H3,(H,24,29)(H,25,26). The number of aromatic amines is 1. The maximum Gasteiger partial charge on any atom is 0.273 e. The molecule has 0 aliphatic carbocycles. The van der Waals surface area contributed by atoms with E-state index in [0.29, 0.717) is 30.0 Å². The number of hydrogen-bond acceptors (Lipinski definition) is 6. The van der Waals surface area contributed by atoms with Crippen LogP contribution >= 0.6 is 0 Å². The van der Waals surface area contributed by atoms with Crippen LogP contribution < -0.4 is 5.32 Å². The molecule has 9 nitrogen and oxygen atoms in total. The first kappa shape index (κ1) is 23.0. The Bertz CT molecular complexity index is 1260. The molecule has 1 saturated heterocycles. The van der Waals surface area contributed by atoms with Crippen molar-refractivity contribution in [3.05, 3.63) is 59.8 Å².